The molecule has 0 fully saturated rings. The average Bonchev–Trinajstić information content (AvgIpc) is 2.84. The summed E-state index contributed by atoms with van der Waals surface area (Å²) < 4.78 is 2.14. The zero-order valence-corrected chi connectivity index (χ0v) is 11.2. The SMILES string of the molecule is CCn1ccnc1CNc1cccc(N(C)C)c1. The Bertz CT molecular complexity index is 502. The van der Waals surface area contributed by atoms with Gasteiger partial charge in [-0.3, -0.25) is 0 Å². The van der Waals surface area contributed by atoms with Crippen molar-refractivity contribution in [3.8, 4) is 0 Å². The highest BCUT2D eigenvalue weighted by Crippen LogP contribution is 2.17. The number of anilines is 2. The van der Waals surface area contributed by atoms with Crippen LogP contribution in [0.5, 0.6) is 0 Å². The van der Waals surface area contributed by atoms with Crippen LogP contribution in [0.15, 0.2) is 36.7 Å². The smallest absolute Gasteiger partial charge is 0.128 e. The summed E-state index contributed by atoms with van der Waals surface area (Å²) in [6, 6.07) is 8.37. The third-order valence-corrected chi connectivity index (χ3v) is 2.96. The molecule has 1 aromatic carbocycles. The van der Waals surface area contributed by atoms with Gasteiger partial charge in [-0.2, -0.15) is 0 Å². The minimum absolute atomic E-state index is 0.748. The van der Waals surface area contributed by atoms with E-state index in [1.807, 2.05) is 26.5 Å². The molecule has 0 atom stereocenters. The average molecular weight is 244 g/mol. The van der Waals surface area contributed by atoms with Gasteiger partial charge in [-0.25, -0.2) is 4.98 Å². The summed E-state index contributed by atoms with van der Waals surface area (Å²) in [5, 5.41) is 3.41. The lowest BCUT2D eigenvalue weighted by Crippen LogP contribution is -2.10. The van der Waals surface area contributed by atoms with Crippen molar-refractivity contribution in [3.63, 3.8) is 0 Å². The molecule has 1 heterocycles. The van der Waals surface area contributed by atoms with Gasteiger partial charge in [0.25, 0.3) is 0 Å². The van der Waals surface area contributed by atoms with Crippen LogP contribution in [0.1, 0.15) is 12.7 Å². The lowest BCUT2D eigenvalue weighted by Gasteiger charge is -2.14. The van der Waals surface area contributed by atoms with Gasteiger partial charge in [-0.05, 0) is 25.1 Å². The van der Waals surface area contributed by atoms with Crippen molar-refractivity contribution in [2.24, 2.45) is 0 Å². The van der Waals surface area contributed by atoms with Crippen molar-refractivity contribution >= 4 is 11.4 Å². The van der Waals surface area contributed by atoms with E-state index in [0.717, 1.165) is 24.6 Å². The van der Waals surface area contributed by atoms with E-state index < -0.39 is 0 Å². The monoisotopic (exact) mass is 244 g/mol. The fourth-order valence-electron chi connectivity index (χ4n) is 1.87. The minimum atomic E-state index is 0.748. The van der Waals surface area contributed by atoms with E-state index in [4.69, 9.17) is 0 Å². The van der Waals surface area contributed by atoms with Gasteiger partial charge in [0.1, 0.15) is 5.82 Å². The molecule has 0 saturated carbocycles. The number of imidazole rings is 1. The van der Waals surface area contributed by atoms with E-state index in [0.29, 0.717) is 0 Å². The lowest BCUT2D eigenvalue weighted by molar-refractivity contribution is 0.708. The van der Waals surface area contributed by atoms with Gasteiger partial charge < -0.3 is 14.8 Å². The van der Waals surface area contributed by atoms with Crippen LogP contribution >= 0.6 is 0 Å². The lowest BCUT2D eigenvalue weighted by atomic mass is 10.2. The first kappa shape index (κ1) is 12.5. The van der Waals surface area contributed by atoms with Crippen LogP contribution in [0.3, 0.4) is 0 Å². The Balaban J connectivity index is 2.04. The van der Waals surface area contributed by atoms with E-state index in [9.17, 15) is 0 Å². The third kappa shape index (κ3) is 2.83. The van der Waals surface area contributed by atoms with Crippen molar-refractivity contribution in [2.45, 2.75) is 20.0 Å². The maximum absolute atomic E-state index is 4.35. The first-order chi connectivity index (χ1) is 8.70. The van der Waals surface area contributed by atoms with Gasteiger partial charge in [-0.15, -0.1) is 0 Å². The first-order valence-corrected chi connectivity index (χ1v) is 6.22. The summed E-state index contributed by atoms with van der Waals surface area (Å²) in [6.45, 7) is 3.82. The second-order valence-corrected chi connectivity index (χ2v) is 4.43. The number of hydrogen-bond acceptors (Lipinski definition) is 3. The number of hydrogen-bond donors (Lipinski definition) is 1. The molecular weight excluding hydrogens is 224 g/mol. The highest BCUT2D eigenvalue weighted by Gasteiger charge is 2.01. The number of rotatable bonds is 5. The van der Waals surface area contributed by atoms with E-state index in [1.165, 1.54) is 5.69 Å². The Morgan fingerprint density at radius 1 is 1.33 bits per heavy atom. The van der Waals surface area contributed by atoms with Gasteiger partial charge in [-0.1, -0.05) is 6.07 Å². The molecule has 0 aliphatic carbocycles. The van der Waals surface area contributed by atoms with Crippen LogP contribution in [-0.2, 0) is 13.1 Å². The molecule has 18 heavy (non-hydrogen) atoms. The fraction of sp³-hybridized carbons (Fsp3) is 0.357. The Hall–Kier alpha value is -1.97. The number of aromatic nitrogens is 2. The normalized spacial score (nSPS) is 10.4. The Morgan fingerprint density at radius 3 is 2.89 bits per heavy atom. The third-order valence-electron chi connectivity index (χ3n) is 2.96. The Morgan fingerprint density at radius 2 is 2.17 bits per heavy atom. The largest absolute Gasteiger partial charge is 0.378 e. The molecule has 2 rings (SSSR count). The van der Waals surface area contributed by atoms with E-state index in [-0.39, 0.29) is 0 Å². The maximum Gasteiger partial charge on any atom is 0.128 e. The molecule has 0 unspecified atom stereocenters. The topological polar surface area (TPSA) is 33.1 Å². The molecular formula is C14H20N4. The van der Waals surface area contributed by atoms with Gasteiger partial charge in [0.2, 0.25) is 0 Å². The summed E-state index contributed by atoms with van der Waals surface area (Å²) in [7, 11) is 4.09. The summed E-state index contributed by atoms with van der Waals surface area (Å²) >= 11 is 0. The van der Waals surface area contributed by atoms with Crippen LogP contribution in [-0.4, -0.2) is 23.6 Å². The second-order valence-electron chi connectivity index (χ2n) is 4.43. The molecule has 1 aromatic heterocycles. The van der Waals surface area contributed by atoms with Crippen molar-refractivity contribution in [1.82, 2.24) is 9.55 Å². The summed E-state index contributed by atoms with van der Waals surface area (Å²) in [5.41, 5.74) is 2.31. The molecule has 0 bridgehead atoms. The van der Waals surface area contributed by atoms with Crippen molar-refractivity contribution < 1.29 is 0 Å². The maximum atomic E-state index is 4.35. The van der Waals surface area contributed by atoms with Crippen LogP contribution < -0.4 is 10.2 Å². The summed E-state index contributed by atoms with van der Waals surface area (Å²) in [4.78, 5) is 6.45. The first-order valence-electron chi connectivity index (χ1n) is 6.22. The predicted molar refractivity (Wildman–Crippen MR) is 76.0 cm³/mol. The second kappa shape index (κ2) is 5.58. The molecule has 0 saturated heterocycles. The fourth-order valence-corrected chi connectivity index (χ4v) is 1.87. The zero-order valence-electron chi connectivity index (χ0n) is 11.2. The van der Waals surface area contributed by atoms with Crippen LogP contribution in [0.25, 0.3) is 0 Å². The number of benzene rings is 1. The number of aryl methyl sites for hydroxylation is 1. The molecule has 0 aliphatic heterocycles. The van der Waals surface area contributed by atoms with E-state index >= 15 is 0 Å². The minimum Gasteiger partial charge on any atom is -0.378 e. The quantitative estimate of drug-likeness (QED) is 0.877. The van der Waals surface area contributed by atoms with Gasteiger partial charge >= 0.3 is 0 Å². The van der Waals surface area contributed by atoms with E-state index in [2.05, 4.69) is 51.0 Å². The van der Waals surface area contributed by atoms with Crippen molar-refractivity contribution in [2.75, 3.05) is 24.3 Å². The predicted octanol–water partition coefficient (Wildman–Crippen LogP) is 2.58. The molecule has 0 radical (unpaired) electrons. The molecule has 96 valence electrons. The van der Waals surface area contributed by atoms with Crippen LogP contribution in [0.4, 0.5) is 11.4 Å². The Labute approximate surface area is 108 Å². The van der Waals surface area contributed by atoms with Gasteiger partial charge in [0.05, 0.1) is 6.54 Å². The number of nitrogens with zero attached hydrogens (tertiary/aromatic N) is 3. The van der Waals surface area contributed by atoms with Gasteiger partial charge in [0, 0.05) is 44.4 Å². The number of nitrogens with one attached hydrogen (secondary N) is 1. The van der Waals surface area contributed by atoms with Gasteiger partial charge in [0.15, 0.2) is 0 Å². The highest BCUT2D eigenvalue weighted by atomic mass is 15.1. The highest BCUT2D eigenvalue weighted by molar-refractivity contribution is 5.57. The standard InChI is InChI=1S/C14H20N4/c1-4-18-9-8-15-14(18)11-16-12-6-5-7-13(10-12)17(2)3/h5-10,16H,4,11H2,1-3H3. The Kier molecular flexibility index (Phi) is 3.87. The van der Waals surface area contributed by atoms with Crippen LogP contribution in [0.2, 0.25) is 0 Å². The molecule has 1 N–H and O–H groups in total. The van der Waals surface area contributed by atoms with Crippen molar-refractivity contribution in [1.29, 1.82) is 0 Å². The molecule has 0 amide bonds. The molecule has 0 spiro atoms. The summed E-state index contributed by atoms with van der Waals surface area (Å²) in [5.74, 6) is 1.06. The van der Waals surface area contributed by atoms with Crippen molar-refractivity contribution in [3.05, 3.63) is 42.5 Å². The van der Waals surface area contributed by atoms with Crippen LogP contribution in [0, 0.1) is 0 Å². The van der Waals surface area contributed by atoms with E-state index in [1.54, 1.807) is 0 Å². The molecule has 2 aromatic rings. The molecule has 4 nitrogen and oxygen atoms in total. The molecule has 0 aliphatic rings. The summed E-state index contributed by atoms with van der Waals surface area (Å²) in [6.07, 6.45) is 3.85. The zero-order chi connectivity index (χ0) is 13.0. The molecule has 4 heteroatoms.